The number of furan rings is 2. The Labute approximate surface area is 263 Å². The molecule has 0 amide bonds. The highest BCUT2D eigenvalue weighted by Crippen LogP contribution is 2.48. The molecule has 2 aromatic heterocycles. The highest BCUT2D eigenvalue weighted by atomic mass is 16.3. The van der Waals surface area contributed by atoms with E-state index in [9.17, 15) is 0 Å². The minimum absolute atomic E-state index is 0.877. The lowest BCUT2D eigenvalue weighted by atomic mass is 9.87. The molecular weight excluding hydrogens is 560 g/mol. The standard InChI is InChI=1S/C44H24O2/c1-2-10-29-25(7-1)17-22-37-41-33(30-20-18-28-16-15-26-8-5-9-27-19-21-32(30)40(28)39(26)27)23-24-36(44(41)46-42(29)37)35-13-6-12-34-31-11-3-4-14-38(31)45-43(34)35/h1-24H. The van der Waals surface area contributed by atoms with Crippen molar-refractivity contribution < 1.29 is 8.83 Å². The van der Waals surface area contributed by atoms with Gasteiger partial charge in [0.15, 0.2) is 0 Å². The van der Waals surface area contributed by atoms with Crippen LogP contribution in [0.3, 0.4) is 0 Å². The van der Waals surface area contributed by atoms with Crippen molar-refractivity contribution in [3.8, 4) is 22.3 Å². The van der Waals surface area contributed by atoms with Crippen LogP contribution in [-0.4, -0.2) is 0 Å². The van der Waals surface area contributed by atoms with E-state index in [0.29, 0.717) is 0 Å². The summed E-state index contributed by atoms with van der Waals surface area (Å²) in [6.07, 6.45) is 0. The molecule has 0 saturated heterocycles. The van der Waals surface area contributed by atoms with Gasteiger partial charge in [0.2, 0.25) is 0 Å². The first-order valence-electron chi connectivity index (χ1n) is 15.8. The molecule has 0 unspecified atom stereocenters. The van der Waals surface area contributed by atoms with Gasteiger partial charge in [0.05, 0.1) is 0 Å². The molecule has 0 radical (unpaired) electrons. The van der Waals surface area contributed by atoms with Crippen LogP contribution in [0.15, 0.2) is 154 Å². The molecule has 0 aliphatic carbocycles. The molecule has 0 bridgehead atoms. The zero-order valence-electron chi connectivity index (χ0n) is 24.7. The summed E-state index contributed by atoms with van der Waals surface area (Å²) in [6.45, 7) is 0. The van der Waals surface area contributed by atoms with Crippen LogP contribution < -0.4 is 0 Å². The maximum absolute atomic E-state index is 7.02. The van der Waals surface area contributed by atoms with Crippen LogP contribution in [0, 0.1) is 0 Å². The molecule has 11 rings (SSSR count). The summed E-state index contributed by atoms with van der Waals surface area (Å²) in [5.74, 6) is 0. The molecule has 0 atom stereocenters. The van der Waals surface area contributed by atoms with Crippen LogP contribution in [0.5, 0.6) is 0 Å². The fourth-order valence-corrected chi connectivity index (χ4v) is 7.97. The van der Waals surface area contributed by atoms with Gasteiger partial charge in [-0.3, -0.25) is 0 Å². The van der Waals surface area contributed by atoms with Gasteiger partial charge in [-0.15, -0.1) is 0 Å². The molecule has 46 heavy (non-hydrogen) atoms. The number of para-hydroxylation sites is 2. The third kappa shape index (κ3) is 3.10. The third-order valence-corrected chi connectivity index (χ3v) is 10.0. The lowest BCUT2D eigenvalue weighted by Gasteiger charge is -2.15. The molecule has 9 aromatic carbocycles. The van der Waals surface area contributed by atoms with Gasteiger partial charge in [0, 0.05) is 38.1 Å². The van der Waals surface area contributed by atoms with E-state index in [1.165, 1.54) is 48.8 Å². The summed E-state index contributed by atoms with van der Waals surface area (Å²) in [5.41, 5.74) is 8.00. The van der Waals surface area contributed by atoms with Crippen molar-refractivity contribution in [3.05, 3.63) is 146 Å². The topological polar surface area (TPSA) is 26.3 Å². The number of hydrogen-bond donors (Lipinski definition) is 0. The molecule has 0 aliphatic rings. The zero-order valence-corrected chi connectivity index (χ0v) is 24.7. The van der Waals surface area contributed by atoms with Crippen molar-refractivity contribution in [1.82, 2.24) is 0 Å². The monoisotopic (exact) mass is 584 g/mol. The second-order valence-corrected chi connectivity index (χ2v) is 12.4. The Kier molecular flexibility index (Phi) is 4.61. The van der Waals surface area contributed by atoms with Crippen molar-refractivity contribution in [2.24, 2.45) is 0 Å². The molecule has 0 aliphatic heterocycles. The molecule has 0 N–H and O–H groups in total. The van der Waals surface area contributed by atoms with Gasteiger partial charge in [-0.25, -0.2) is 0 Å². The Morgan fingerprint density at radius 1 is 0.261 bits per heavy atom. The van der Waals surface area contributed by atoms with Gasteiger partial charge in [-0.05, 0) is 67.0 Å². The van der Waals surface area contributed by atoms with E-state index in [1.807, 2.05) is 12.1 Å². The van der Waals surface area contributed by atoms with Crippen LogP contribution in [0.25, 0.3) is 109 Å². The van der Waals surface area contributed by atoms with Gasteiger partial charge in [-0.1, -0.05) is 127 Å². The average molecular weight is 585 g/mol. The third-order valence-electron chi connectivity index (χ3n) is 10.0. The van der Waals surface area contributed by atoms with Gasteiger partial charge in [0.1, 0.15) is 22.3 Å². The summed E-state index contributed by atoms with van der Waals surface area (Å²) in [5, 5.41) is 14.5. The molecule has 0 fully saturated rings. The van der Waals surface area contributed by atoms with Crippen LogP contribution in [0.1, 0.15) is 0 Å². The minimum Gasteiger partial charge on any atom is -0.455 e. The second kappa shape index (κ2) is 8.74. The van der Waals surface area contributed by atoms with Crippen LogP contribution >= 0.6 is 0 Å². The first kappa shape index (κ1) is 24.2. The molecule has 212 valence electrons. The number of hydrogen-bond acceptors (Lipinski definition) is 2. The molecule has 2 heterocycles. The summed E-state index contributed by atoms with van der Waals surface area (Å²) in [6, 6.07) is 52.3. The van der Waals surface area contributed by atoms with Gasteiger partial charge in [0.25, 0.3) is 0 Å². The Bertz CT molecular complexity index is 3010. The van der Waals surface area contributed by atoms with E-state index in [2.05, 4.69) is 133 Å². The van der Waals surface area contributed by atoms with E-state index >= 15 is 0 Å². The average Bonchev–Trinajstić information content (AvgIpc) is 3.70. The lowest BCUT2D eigenvalue weighted by molar-refractivity contribution is 0.666. The predicted octanol–water partition coefficient (Wildman–Crippen LogP) is 12.9. The number of rotatable bonds is 2. The highest BCUT2D eigenvalue weighted by molar-refractivity contribution is 6.28. The zero-order chi connectivity index (χ0) is 29.9. The second-order valence-electron chi connectivity index (χ2n) is 12.4. The maximum Gasteiger partial charge on any atom is 0.144 e. The van der Waals surface area contributed by atoms with E-state index < -0.39 is 0 Å². The minimum atomic E-state index is 0.877. The number of fused-ring (bicyclic) bond motifs is 8. The quantitative estimate of drug-likeness (QED) is 0.189. The Morgan fingerprint density at radius 3 is 1.78 bits per heavy atom. The summed E-state index contributed by atoms with van der Waals surface area (Å²) < 4.78 is 13.5. The first-order chi connectivity index (χ1) is 22.8. The molecular formula is C44H24O2. The fourth-order valence-electron chi connectivity index (χ4n) is 7.97. The van der Waals surface area contributed by atoms with E-state index in [0.717, 1.165) is 60.4 Å². The van der Waals surface area contributed by atoms with Crippen LogP contribution in [0.4, 0.5) is 0 Å². The SMILES string of the molecule is c1ccc2c(c1)ccc1c2oc2c(-c3cccc4c3oc3ccccc34)ccc(-c3ccc4ccc5cccc6ccc3c4c56)c21. The summed E-state index contributed by atoms with van der Waals surface area (Å²) >= 11 is 0. The lowest BCUT2D eigenvalue weighted by Crippen LogP contribution is -1.89. The van der Waals surface area contributed by atoms with Crippen LogP contribution in [0.2, 0.25) is 0 Å². The van der Waals surface area contributed by atoms with Crippen molar-refractivity contribution in [2.75, 3.05) is 0 Å². The molecule has 0 spiro atoms. The van der Waals surface area contributed by atoms with Crippen LogP contribution in [-0.2, 0) is 0 Å². The molecule has 2 heteroatoms. The van der Waals surface area contributed by atoms with E-state index in [4.69, 9.17) is 8.83 Å². The Hall–Kier alpha value is -6.12. The first-order valence-corrected chi connectivity index (χ1v) is 15.8. The number of benzene rings is 9. The van der Waals surface area contributed by atoms with Gasteiger partial charge in [-0.2, -0.15) is 0 Å². The normalized spacial score (nSPS) is 12.3. The van der Waals surface area contributed by atoms with Crippen molar-refractivity contribution >= 4 is 87.0 Å². The van der Waals surface area contributed by atoms with Crippen molar-refractivity contribution in [2.45, 2.75) is 0 Å². The van der Waals surface area contributed by atoms with E-state index in [-0.39, 0.29) is 0 Å². The van der Waals surface area contributed by atoms with E-state index in [1.54, 1.807) is 0 Å². The van der Waals surface area contributed by atoms with Gasteiger partial charge < -0.3 is 8.83 Å². The summed E-state index contributed by atoms with van der Waals surface area (Å²) in [4.78, 5) is 0. The Balaban J connectivity index is 1.29. The largest absolute Gasteiger partial charge is 0.455 e. The predicted molar refractivity (Wildman–Crippen MR) is 193 cm³/mol. The highest BCUT2D eigenvalue weighted by Gasteiger charge is 2.22. The molecule has 2 nitrogen and oxygen atoms in total. The van der Waals surface area contributed by atoms with Gasteiger partial charge >= 0.3 is 0 Å². The fraction of sp³-hybridized carbons (Fsp3) is 0. The smallest absolute Gasteiger partial charge is 0.144 e. The molecule has 11 aromatic rings. The van der Waals surface area contributed by atoms with Crippen molar-refractivity contribution in [1.29, 1.82) is 0 Å². The Morgan fingerprint density at radius 2 is 0.870 bits per heavy atom. The summed E-state index contributed by atoms with van der Waals surface area (Å²) in [7, 11) is 0. The molecule has 0 saturated carbocycles. The maximum atomic E-state index is 7.02. The van der Waals surface area contributed by atoms with Crippen molar-refractivity contribution in [3.63, 3.8) is 0 Å².